The molecule has 208 valence electrons. The molecule has 4 rings (SSSR count). The van der Waals surface area contributed by atoms with Crippen molar-refractivity contribution in [1.82, 2.24) is 13.9 Å². The minimum absolute atomic E-state index is 0.0416. The van der Waals surface area contributed by atoms with Gasteiger partial charge in [0.2, 0.25) is 26.0 Å². The third kappa shape index (κ3) is 7.37. The van der Waals surface area contributed by atoms with Crippen LogP contribution in [0.1, 0.15) is 11.1 Å². The number of hydrogen-bond donors (Lipinski definition) is 1. The van der Waals surface area contributed by atoms with Gasteiger partial charge in [-0.1, -0.05) is 59.6 Å². The van der Waals surface area contributed by atoms with Gasteiger partial charge in [-0.15, -0.1) is 0 Å². The lowest BCUT2D eigenvalue weighted by Gasteiger charge is -2.26. The Morgan fingerprint density at radius 2 is 1.56 bits per heavy atom. The molecule has 3 aromatic carbocycles. The van der Waals surface area contributed by atoms with Crippen LogP contribution in [0.5, 0.6) is 0 Å². The number of nitrogens with zero attached hydrogens (tertiary/aromatic N) is 2. The van der Waals surface area contributed by atoms with E-state index in [0.717, 1.165) is 4.31 Å². The van der Waals surface area contributed by atoms with Crippen LogP contribution >= 0.6 is 23.2 Å². The number of carbonyl (C=O) groups is 1. The van der Waals surface area contributed by atoms with E-state index in [2.05, 4.69) is 5.32 Å². The highest BCUT2D eigenvalue weighted by atomic mass is 35.5. The van der Waals surface area contributed by atoms with Crippen molar-refractivity contribution in [3.63, 3.8) is 0 Å². The summed E-state index contributed by atoms with van der Waals surface area (Å²) in [5.74, 6) is -0.537. The van der Waals surface area contributed by atoms with E-state index in [9.17, 15) is 21.6 Å². The highest BCUT2D eigenvalue weighted by molar-refractivity contribution is 7.89. The number of carbonyl (C=O) groups excluding carboxylic acids is 1. The van der Waals surface area contributed by atoms with Crippen molar-refractivity contribution in [1.29, 1.82) is 0 Å². The first-order valence-corrected chi connectivity index (χ1v) is 15.6. The summed E-state index contributed by atoms with van der Waals surface area (Å²) in [7, 11) is -7.67. The number of rotatable bonds is 10. The Bertz CT molecular complexity index is 1510. The Kier molecular flexibility index (Phi) is 9.65. The highest BCUT2D eigenvalue weighted by Crippen LogP contribution is 2.25. The molecule has 0 atom stereocenters. The van der Waals surface area contributed by atoms with Crippen molar-refractivity contribution in [3.05, 3.63) is 94.0 Å². The summed E-state index contributed by atoms with van der Waals surface area (Å²) in [5, 5.41) is 3.39. The number of nitrogens with one attached hydrogen (secondary N) is 1. The molecule has 0 radical (unpaired) electrons. The molecule has 1 amide bonds. The predicted molar refractivity (Wildman–Crippen MR) is 148 cm³/mol. The lowest BCUT2D eigenvalue weighted by atomic mass is 10.2. The van der Waals surface area contributed by atoms with E-state index in [1.165, 1.54) is 34.6 Å². The smallest absolute Gasteiger partial charge is 0.243 e. The lowest BCUT2D eigenvalue weighted by molar-refractivity contribution is -0.121. The zero-order valence-electron chi connectivity index (χ0n) is 20.8. The highest BCUT2D eigenvalue weighted by Gasteiger charge is 2.28. The normalized spacial score (nSPS) is 14.8. The van der Waals surface area contributed by atoms with Crippen LogP contribution < -0.4 is 5.32 Å². The molecule has 1 aliphatic rings. The summed E-state index contributed by atoms with van der Waals surface area (Å²) in [6.45, 7) is 0.773. The summed E-state index contributed by atoms with van der Waals surface area (Å²) in [5.41, 5.74) is 1.15. The van der Waals surface area contributed by atoms with E-state index >= 15 is 0 Å². The second-order valence-corrected chi connectivity index (χ2v) is 13.5. The van der Waals surface area contributed by atoms with Gasteiger partial charge in [-0.2, -0.15) is 8.61 Å². The van der Waals surface area contributed by atoms with Crippen LogP contribution in [0.25, 0.3) is 0 Å². The predicted octanol–water partition coefficient (Wildman–Crippen LogP) is 3.52. The van der Waals surface area contributed by atoms with E-state index in [1.807, 2.05) is 0 Å². The third-order valence-corrected chi connectivity index (χ3v) is 10.4. The second-order valence-electron chi connectivity index (χ2n) is 8.76. The van der Waals surface area contributed by atoms with Crippen LogP contribution in [0.2, 0.25) is 10.0 Å². The van der Waals surface area contributed by atoms with Gasteiger partial charge >= 0.3 is 0 Å². The average Bonchev–Trinajstić information content (AvgIpc) is 2.94. The summed E-state index contributed by atoms with van der Waals surface area (Å²) in [6, 6.07) is 18.7. The van der Waals surface area contributed by atoms with E-state index in [1.54, 1.807) is 42.5 Å². The summed E-state index contributed by atoms with van der Waals surface area (Å²) in [4.78, 5) is 13.1. The first kappa shape index (κ1) is 29.5. The zero-order valence-corrected chi connectivity index (χ0v) is 23.9. The van der Waals surface area contributed by atoms with Crippen molar-refractivity contribution in [2.45, 2.75) is 22.9 Å². The third-order valence-electron chi connectivity index (χ3n) is 6.08. The van der Waals surface area contributed by atoms with Crippen LogP contribution in [-0.2, 0) is 42.7 Å². The molecule has 0 bridgehead atoms. The van der Waals surface area contributed by atoms with Crippen molar-refractivity contribution in [2.24, 2.45) is 0 Å². The van der Waals surface area contributed by atoms with E-state index in [0.29, 0.717) is 42.5 Å². The maximum Gasteiger partial charge on any atom is 0.243 e. The largest absolute Gasteiger partial charge is 0.379 e. The molecule has 0 spiro atoms. The van der Waals surface area contributed by atoms with Crippen molar-refractivity contribution < 1.29 is 26.4 Å². The number of morpholine rings is 1. The Morgan fingerprint density at radius 3 is 2.21 bits per heavy atom. The summed E-state index contributed by atoms with van der Waals surface area (Å²) in [6.07, 6.45) is 0. The van der Waals surface area contributed by atoms with Gasteiger partial charge in [0.15, 0.2) is 0 Å². The topological polar surface area (TPSA) is 113 Å². The van der Waals surface area contributed by atoms with Gasteiger partial charge in [-0.25, -0.2) is 16.8 Å². The molecule has 3 aromatic rings. The number of ether oxygens (including phenoxy) is 1. The van der Waals surface area contributed by atoms with E-state index < -0.39 is 32.5 Å². The van der Waals surface area contributed by atoms with E-state index in [4.69, 9.17) is 27.9 Å². The van der Waals surface area contributed by atoms with Crippen LogP contribution in [0.4, 0.5) is 0 Å². The van der Waals surface area contributed by atoms with Gasteiger partial charge < -0.3 is 10.1 Å². The van der Waals surface area contributed by atoms with E-state index in [-0.39, 0.29) is 27.9 Å². The molecule has 1 heterocycles. The molecule has 39 heavy (non-hydrogen) atoms. The van der Waals surface area contributed by atoms with Crippen molar-refractivity contribution in [3.8, 4) is 0 Å². The number of hydrogen-bond acceptors (Lipinski definition) is 6. The molecular weight excluding hydrogens is 585 g/mol. The fourth-order valence-corrected chi connectivity index (χ4v) is 7.21. The monoisotopic (exact) mass is 611 g/mol. The average molecular weight is 613 g/mol. The maximum atomic E-state index is 13.4. The number of benzene rings is 3. The Hall–Kier alpha value is -2.51. The second kappa shape index (κ2) is 12.8. The molecule has 1 N–H and O–H groups in total. The molecular formula is C26H27Cl2N3O6S2. The number of amides is 1. The first-order valence-electron chi connectivity index (χ1n) is 12.0. The van der Waals surface area contributed by atoms with Gasteiger partial charge in [0.25, 0.3) is 0 Å². The van der Waals surface area contributed by atoms with Gasteiger partial charge in [-0.3, -0.25) is 4.79 Å². The molecule has 0 saturated carbocycles. The zero-order chi connectivity index (χ0) is 28.0. The fraction of sp³-hybridized carbons (Fsp3) is 0.269. The Labute approximate surface area is 238 Å². The quantitative estimate of drug-likeness (QED) is 0.375. The van der Waals surface area contributed by atoms with Gasteiger partial charge in [0.05, 0.1) is 29.5 Å². The first-order chi connectivity index (χ1) is 18.6. The molecule has 9 nitrogen and oxygen atoms in total. The summed E-state index contributed by atoms with van der Waals surface area (Å²) >= 11 is 12.3. The molecule has 0 aromatic heterocycles. The Balaban J connectivity index is 1.45. The summed E-state index contributed by atoms with van der Waals surface area (Å²) < 4.78 is 60.1. The molecule has 1 aliphatic heterocycles. The molecule has 0 unspecified atom stereocenters. The van der Waals surface area contributed by atoms with Crippen LogP contribution in [-0.4, -0.2) is 64.2 Å². The van der Waals surface area contributed by atoms with Crippen LogP contribution in [0.15, 0.2) is 82.6 Å². The number of sulfonamides is 2. The molecule has 13 heteroatoms. The van der Waals surface area contributed by atoms with Gasteiger partial charge in [0.1, 0.15) is 0 Å². The standard InChI is InChI=1S/C26H27Cl2N3O6S2/c27-22-9-8-21(25(28)16-22)18-31(39(35,36)23-4-2-1-3-5-23)19-26(32)29-17-20-6-10-24(11-7-20)38(33,34)30-12-14-37-15-13-30/h1-11,16H,12-15,17-19H2,(H,29,32). The lowest BCUT2D eigenvalue weighted by Crippen LogP contribution is -2.40. The Morgan fingerprint density at radius 1 is 0.897 bits per heavy atom. The van der Waals surface area contributed by atoms with Crippen LogP contribution in [0.3, 0.4) is 0 Å². The van der Waals surface area contributed by atoms with Crippen molar-refractivity contribution >= 4 is 49.2 Å². The molecule has 0 aliphatic carbocycles. The number of halogens is 2. The molecule has 1 saturated heterocycles. The van der Waals surface area contributed by atoms with Gasteiger partial charge in [0, 0.05) is 36.2 Å². The SMILES string of the molecule is O=C(CN(Cc1ccc(Cl)cc1Cl)S(=O)(=O)c1ccccc1)NCc1ccc(S(=O)(=O)N2CCOCC2)cc1. The van der Waals surface area contributed by atoms with Crippen LogP contribution in [0, 0.1) is 0 Å². The molecule has 1 fully saturated rings. The van der Waals surface area contributed by atoms with Crippen molar-refractivity contribution in [2.75, 3.05) is 32.8 Å². The minimum atomic E-state index is -4.04. The fourth-order valence-electron chi connectivity index (χ4n) is 3.94. The van der Waals surface area contributed by atoms with Gasteiger partial charge in [-0.05, 0) is 47.5 Å². The minimum Gasteiger partial charge on any atom is -0.379 e. The maximum absolute atomic E-state index is 13.4.